The lowest BCUT2D eigenvalue weighted by Gasteiger charge is -2.22. The number of amides is 1. The standard InChI is InChI=1S/C12H15FN2O3/c1-12(2,14-3)11(18)15-7-4-5-9(13)8(6-7)10(16)17/h4-6,14H,1-3H3,(H,15,18)(H,16,17). The van der Waals surface area contributed by atoms with Crippen molar-refractivity contribution in [2.45, 2.75) is 19.4 Å². The van der Waals surface area contributed by atoms with Gasteiger partial charge in [-0.1, -0.05) is 0 Å². The Bertz CT molecular complexity index is 486. The Morgan fingerprint density at radius 3 is 2.44 bits per heavy atom. The number of carboxylic acids is 1. The van der Waals surface area contributed by atoms with Gasteiger partial charge in [0.1, 0.15) is 5.82 Å². The van der Waals surface area contributed by atoms with Crippen LogP contribution in [0.2, 0.25) is 0 Å². The van der Waals surface area contributed by atoms with Crippen LogP contribution in [0.15, 0.2) is 18.2 Å². The van der Waals surface area contributed by atoms with Crippen LogP contribution in [-0.4, -0.2) is 29.6 Å². The molecule has 0 unspecified atom stereocenters. The lowest BCUT2D eigenvalue weighted by atomic mass is 10.0. The van der Waals surface area contributed by atoms with E-state index >= 15 is 0 Å². The highest BCUT2D eigenvalue weighted by Crippen LogP contribution is 2.16. The minimum Gasteiger partial charge on any atom is -0.478 e. The van der Waals surface area contributed by atoms with Gasteiger partial charge in [0.15, 0.2) is 0 Å². The van der Waals surface area contributed by atoms with Crippen molar-refractivity contribution < 1.29 is 19.1 Å². The van der Waals surface area contributed by atoms with Crippen LogP contribution in [0.25, 0.3) is 0 Å². The first kappa shape index (κ1) is 14.1. The normalized spacial score (nSPS) is 11.1. The minimum absolute atomic E-state index is 0.238. The highest BCUT2D eigenvalue weighted by atomic mass is 19.1. The molecule has 0 fully saturated rings. The molecule has 3 N–H and O–H groups in total. The summed E-state index contributed by atoms with van der Waals surface area (Å²) in [6.45, 7) is 3.34. The van der Waals surface area contributed by atoms with Gasteiger partial charge in [-0.2, -0.15) is 0 Å². The summed E-state index contributed by atoms with van der Waals surface area (Å²) >= 11 is 0. The van der Waals surface area contributed by atoms with Crippen molar-refractivity contribution >= 4 is 17.6 Å². The topological polar surface area (TPSA) is 78.4 Å². The first-order chi connectivity index (χ1) is 8.27. The van der Waals surface area contributed by atoms with Crippen molar-refractivity contribution in [1.82, 2.24) is 5.32 Å². The van der Waals surface area contributed by atoms with E-state index in [0.29, 0.717) is 0 Å². The van der Waals surface area contributed by atoms with Gasteiger partial charge in [-0.05, 0) is 39.1 Å². The van der Waals surface area contributed by atoms with Crippen LogP contribution in [0.5, 0.6) is 0 Å². The number of aromatic carboxylic acids is 1. The van der Waals surface area contributed by atoms with Gasteiger partial charge in [-0.15, -0.1) is 0 Å². The summed E-state index contributed by atoms with van der Waals surface area (Å²) in [6, 6.07) is 3.40. The van der Waals surface area contributed by atoms with Crippen molar-refractivity contribution in [2.24, 2.45) is 0 Å². The molecular weight excluding hydrogens is 239 g/mol. The minimum atomic E-state index is -1.38. The third-order valence-electron chi connectivity index (χ3n) is 2.65. The third kappa shape index (κ3) is 3.04. The molecule has 1 aromatic carbocycles. The number of benzene rings is 1. The average molecular weight is 254 g/mol. The third-order valence-corrected chi connectivity index (χ3v) is 2.65. The fraction of sp³-hybridized carbons (Fsp3) is 0.333. The number of hydrogen-bond donors (Lipinski definition) is 3. The Balaban J connectivity index is 2.96. The summed E-state index contributed by atoms with van der Waals surface area (Å²) in [5, 5.41) is 14.1. The zero-order valence-corrected chi connectivity index (χ0v) is 10.4. The Hall–Kier alpha value is -1.95. The van der Waals surface area contributed by atoms with E-state index < -0.39 is 22.9 Å². The van der Waals surface area contributed by atoms with Crippen LogP contribution in [0.3, 0.4) is 0 Å². The van der Waals surface area contributed by atoms with Gasteiger partial charge in [0.25, 0.3) is 0 Å². The molecule has 0 atom stereocenters. The maximum atomic E-state index is 13.2. The van der Waals surface area contributed by atoms with Gasteiger partial charge in [-0.3, -0.25) is 4.79 Å². The lowest BCUT2D eigenvalue weighted by molar-refractivity contribution is -0.121. The Labute approximate surface area is 104 Å². The molecule has 0 saturated heterocycles. The molecule has 1 rings (SSSR count). The number of nitrogens with one attached hydrogen (secondary N) is 2. The molecule has 0 aliphatic carbocycles. The van der Waals surface area contributed by atoms with E-state index in [0.717, 1.165) is 12.1 Å². The quantitative estimate of drug-likeness (QED) is 0.760. The predicted molar refractivity (Wildman–Crippen MR) is 65.1 cm³/mol. The van der Waals surface area contributed by atoms with Crippen LogP contribution in [-0.2, 0) is 4.79 Å². The van der Waals surface area contributed by atoms with Gasteiger partial charge >= 0.3 is 5.97 Å². The van der Waals surface area contributed by atoms with E-state index in [4.69, 9.17) is 5.11 Å². The van der Waals surface area contributed by atoms with Crippen LogP contribution >= 0.6 is 0 Å². The Morgan fingerprint density at radius 1 is 1.33 bits per heavy atom. The predicted octanol–water partition coefficient (Wildman–Crippen LogP) is 1.46. The van der Waals surface area contributed by atoms with Crippen molar-refractivity contribution in [3.63, 3.8) is 0 Å². The van der Waals surface area contributed by atoms with E-state index in [-0.39, 0.29) is 11.6 Å². The molecule has 1 aromatic rings. The highest BCUT2D eigenvalue weighted by Gasteiger charge is 2.25. The molecule has 0 saturated carbocycles. The molecule has 0 radical (unpaired) electrons. The number of carboxylic acid groups (broad SMARTS) is 1. The smallest absolute Gasteiger partial charge is 0.338 e. The molecule has 0 heterocycles. The maximum absolute atomic E-state index is 13.2. The summed E-state index contributed by atoms with van der Waals surface area (Å²) in [5.74, 6) is -2.56. The summed E-state index contributed by atoms with van der Waals surface area (Å²) in [5.41, 5.74) is -1.05. The summed E-state index contributed by atoms with van der Waals surface area (Å²) < 4.78 is 13.2. The molecule has 1 amide bonds. The molecule has 98 valence electrons. The Morgan fingerprint density at radius 2 is 1.94 bits per heavy atom. The number of likely N-dealkylation sites (N-methyl/N-ethyl adjacent to an activating group) is 1. The molecule has 0 bridgehead atoms. The number of halogens is 1. The van der Waals surface area contributed by atoms with E-state index in [2.05, 4.69) is 10.6 Å². The number of carbonyl (C=O) groups is 2. The van der Waals surface area contributed by atoms with Gasteiger partial charge in [0, 0.05) is 5.69 Å². The molecule has 0 spiro atoms. The zero-order valence-electron chi connectivity index (χ0n) is 10.4. The van der Waals surface area contributed by atoms with Crippen molar-refractivity contribution in [2.75, 3.05) is 12.4 Å². The highest BCUT2D eigenvalue weighted by molar-refractivity contribution is 5.98. The Kier molecular flexibility index (Phi) is 4.03. The number of anilines is 1. The molecule has 0 aliphatic heterocycles. The maximum Gasteiger partial charge on any atom is 0.338 e. The van der Waals surface area contributed by atoms with Gasteiger partial charge in [-0.25, -0.2) is 9.18 Å². The summed E-state index contributed by atoms with van der Waals surface area (Å²) in [7, 11) is 1.63. The molecule has 18 heavy (non-hydrogen) atoms. The SMILES string of the molecule is CNC(C)(C)C(=O)Nc1ccc(F)c(C(=O)O)c1. The van der Waals surface area contributed by atoms with Gasteiger partial charge in [0.2, 0.25) is 5.91 Å². The van der Waals surface area contributed by atoms with Crippen molar-refractivity contribution in [3.8, 4) is 0 Å². The second-order valence-electron chi connectivity index (χ2n) is 4.33. The number of carbonyl (C=O) groups excluding carboxylic acids is 1. The fourth-order valence-electron chi connectivity index (χ4n) is 1.17. The molecule has 0 aliphatic rings. The average Bonchev–Trinajstić information content (AvgIpc) is 2.31. The first-order valence-corrected chi connectivity index (χ1v) is 5.31. The van der Waals surface area contributed by atoms with Crippen LogP contribution in [0.1, 0.15) is 24.2 Å². The second kappa shape index (κ2) is 5.14. The fourth-order valence-corrected chi connectivity index (χ4v) is 1.17. The van der Waals surface area contributed by atoms with E-state index in [1.165, 1.54) is 6.07 Å². The molecule has 5 nitrogen and oxygen atoms in total. The van der Waals surface area contributed by atoms with E-state index in [1.807, 2.05) is 0 Å². The summed E-state index contributed by atoms with van der Waals surface area (Å²) in [6.07, 6.45) is 0. The van der Waals surface area contributed by atoms with Crippen LogP contribution in [0, 0.1) is 5.82 Å². The molecular formula is C12H15FN2O3. The number of rotatable bonds is 4. The number of hydrogen-bond acceptors (Lipinski definition) is 3. The van der Waals surface area contributed by atoms with Gasteiger partial charge in [0.05, 0.1) is 11.1 Å². The van der Waals surface area contributed by atoms with Crippen LogP contribution in [0.4, 0.5) is 10.1 Å². The summed E-state index contributed by atoms with van der Waals surface area (Å²) in [4.78, 5) is 22.6. The van der Waals surface area contributed by atoms with Gasteiger partial charge < -0.3 is 15.7 Å². The zero-order chi connectivity index (χ0) is 13.9. The van der Waals surface area contributed by atoms with Crippen LogP contribution < -0.4 is 10.6 Å². The van der Waals surface area contributed by atoms with E-state index in [9.17, 15) is 14.0 Å². The van der Waals surface area contributed by atoms with E-state index in [1.54, 1.807) is 20.9 Å². The monoisotopic (exact) mass is 254 g/mol. The largest absolute Gasteiger partial charge is 0.478 e. The first-order valence-electron chi connectivity index (χ1n) is 5.31. The van der Waals surface area contributed by atoms with Crippen molar-refractivity contribution in [1.29, 1.82) is 0 Å². The lowest BCUT2D eigenvalue weighted by Crippen LogP contribution is -2.47. The molecule has 6 heteroatoms. The second-order valence-corrected chi connectivity index (χ2v) is 4.33. The molecule has 0 aromatic heterocycles. The van der Waals surface area contributed by atoms with Crippen molar-refractivity contribution in [3.05, 3.63) is 29.6 Å².